The van der Waals surface area contributed by atoms with Crippen LogP contribution in [0.1, 0.15) is 12.5 Å². The van der Waals surface area contributed by atoms with Crippen molar-refractivity contribution in [2.24, 2.45) is 0 Å². The average Bonchev–Trinajstić information content (AvgIpc) is 2.48. The van der Waals surface area contributed by atoms with Gasteiger partial charge in [-0.1, -0.05) is 59.3 Å². The Kier molecular flexibility index (Phi) is 6.09. The summed E-state index contributed by atoms with van der Waals surface area (Å²) in [6.07, 6.45) is 0.947. The first-order chi connectivity index (χ1) is 9.79. The van der Waals surface area contributed by atoms with E-state index < -0.39 is 0 Å². The van der Waals surface area contributed by atoms with E-state index in [0.717, 1.165) is 23.2 Å². The van der Waals surface area contributed by atoms with Crippen molar-refractivity contribution in [2.75, 3.05) is 13.2 Å². The van der Waals surface area contributed by atoms with E-state index in [0.29, 0.717) is 12.6 Å². The van der Waals surface area contributed by atoms with Crippen LogP contribution in [0.4, 0.5) is 0 Å². The molecule has 106 valence electrons. The van der Waals surface area contributed by atoms with Crippen LogP contribution in [0.3, 0.4) is 0 Å². The lowest BCUT2D eigenvalue weighted by Gasteiger charge is -2.19. The van der Waals surface area contributed by atoms with Crippen LogP contribution in [0.2, 0.25) is 0 Å². The minimum absolute atomic E-state index is 0.305. The molecule has 0 aromatic heterocycles. The number of hydrogen-bond donors (Lipinski definition) is 1. The third kappa shape index (κ3) is 4.66. The molecule has 0 saturated carbocycles. The lowest BCUT2D eigenvalue weighted by atomic mass is 10.1. The van der Waals surface area contributed by atoms with E-state index in [9.17, 15) is 0 Å². The molecule has 0 heterocycles. The Bertz CT molecular complexity index is 515. The van der Waals surface area contributed by atoms with E-state index in [4.69, 9.17) is 4.74 Å². The van der Waals surface area contributed by atoms with Gasteiger partial charge in [0.05, 0.1) is 0 Å². The van der Waals surface area contributed by atoms with Gasteiger partial charge in [-0.25, -0.2) is 0 Å². The molecule has 1 unspecified atom stereocenters. The Balaban J connectivity index is 1.95. The average molecular weight is 334 g/mol. The van der Waals surface area contributed by atoms with Crippen molar-refractivity contribution in [1.82, 2.24) is 5.32 Å². The van der Waals surface area contributed by atoms with Gasteiger partial charge in [0, 0.05) is 10.5 Å². The quantitative estimate of drug-likeness (QED) is 0.825. The van der Waals surface area contributed by atoms with Crippen molar-refractivity contribution in [3.63, 3.8) is 0 Å². The van der Waals surface area contributed by atoms with Gasteiger partial charge in [0.2, 0.25) is 0 Å². The van der Waals surface area contributed by atoms with Crippen molar-refractivity contribution in [1.29, 1.82) is 0 Å². The van der Waals surface area contributed by atoms with Crippen molar-refractivity contribution < 1.29 is 4.74 Å². The summed E-state index contributed by atoms with van der Waals surface area (Å²) in [7, 11) is 0. The smallest absolute Gasteiger partial charge is 0.119 e. The molecule has 1 atom stereocenters. The standard InChI is InChI=1S/C17H20BrNO/c1-2-19-15(12-14-8-6-7-11-17(14)18)13-20-16-9-4-3-5-10-16/h3-11,15,19H,2,12-13H2,1H3. The molecular weight excluding hydrogens is 314 g/mol. The van der Waals surface area contributed by atoms with Crippen LogP contribution in [-0.2, 0) is 6.42 Å². The highest BCUT2D eigenvalue weighted by Crippen LogP contribution is 2.18. The lowest BCUT2D eigenvalue weighted by molar-refractivity contribution is 0.264. The Morgan fingerprint density at radius 1 is 1.05 bits per heavy atom. The highest BCUT2D eigenvalue weighted by Gasteiger charge is 2.11. The van der Waals surface area contributed by atoms with Gasteiger partial charge in [-0.05, 0) is 36.7 Å². The van der Waals surface area contributed by atoms with Crippen LogP contribution in [0.15, 0.2) is 59.1 Å². The number of halogens is 1. The van der Waals surface area contributed by atoms with E-state index in [1.807, 2.05) is 36.4 Å². The summed E-state index contributed by atoms with van der Waals surface area (Å²) in [6, 6.07) is 18.6. The maximum absolute atomic E-state index is 5.85. The monoisotopic (exact) mass is 333 g/mol. The van der Waals surface area contributed by atoms with Crippen molar-refractivity contribution in [3.05, 3.63) is 64.6 Å². The third-order valence-corrected chi connectivity index (χ3v) is 3.88. The van der Waals surface area contributed by atoms with Crippen LogP contribution >= 0.6 is 15.9 Å². The molecule has 0 radical (unpaired) electrons. The van der Waals surface area contributed by atoms with Gasteiger partial charge in [0.1, 0.15) is 12.4 Å². The number of hydrogen-bond acceptors (Lipinski definition) is 2. The molecular formula is C17H20BrNO. The maximum Gasteiger partial charge on any atom is 0.119 e. The first-order valence-electron chi connectivity index (χ1n) is 6.94. The van der Waals surface area contributed by atoms with Crippen LogP contribution in [0, 0.1) is 0 Å². The van der Waals surface area contributed by atoms with Crippen LogP contribution in [0.5, 0.6) is 5.75 Å². The second kappa shape index (κ2) is 8.08. The Morgan fingerprint density at radius 2 is 1.75 bits per heavy atom. The lowest BCUT2D eigenvalue weighted by Crippen LogP contribution is -2.36. The van der Waals surface area contributed by atoms with Crippen LogP contribution in [-0.4, -0.2) is 19.2 Å². The summed E-state index contributed by atoms with van der Waals surface area (Å²) >= 11 is 3.60. The van der Waals surface area contributed by atoms with Gasteiger partial charge in [0.15, 0.2) is 0 Å². The second-order valence-electron chi connectivity index (χ2n) is 4.67. The minimum atomic E-state index is 0.305. The fourth-order valence-corrected chi connectivity index (χ4v) is 2.57. The van der Waals surface area contributed by atoms with Gasteiger partial charge in [-0.3, -0.25) is 0 Å². The summed E-state index contributed by atoms with van der Waals surface area (Å²) in [4.78, 5) is 0. The molecule has 2 aromatic rings. The van der Waals surface area contributed by atoms with Gasteiger partial charge in [-0.15, -0.1) is 0 Å². The van der Waals surface area contributed by atoms with Gasteiger partial charge in [0.25, 0.3) is 0 Å². The normalized spacial score (nSPS) is 12.1. The van der Waals surface area contributed by atoms with Crippen molar-refractivity contribution >= 4 is 15.9 Å². The highest BCUT2D eigenvalue weighted by atomic mass is 79.9. The SMILES string of the molecule is CCNC(COc1ccccc1)Cc1ccccc1Br. The Labute approximate surface area is 129 Å². The van der Waals surface area contributed by atoms with E-state index >= 15 is 0 Å². The number of benzene rings is 2. The molecule has 0 amide bonds. The topological polar surface area (TPSA) is 21.3 Å². The summed E-state index contributed by atoms with van der Waals surface area (Å²) < 4.78 is 7.01. The summed E-state index contributed by atoms with van der Waals surface area (Å²) in [6.45, 7) is 3.72. The Morgan fingerprint density at radius 3 is 2.45 bits per heavy atom. The molecule has 2 rings (SSSR count). The molecule has 0 aliphatic rings. The van der Waals surface area contributed by atoms with Crippen LogP contribution in [0.25, 0.3) is 0 Å². The molecule has 3 heteroatoms. The predicted molar refractivity (Wildman–Crippen MR) is 87.2 cm³/mol. The summed E-state index contributed by atoms with van der Waals surface area (Å²) in [5, 5.41) is 3.48. The fraction of sp³-hybridized carbons (Fsp3) is 0.294. The summed E-state index contributed by atoms with van der Waals surface area (Å²) in [5.74, 6) is 0.919. The maximum atomic E-state index is 5.85. The molecule has 0 fully saturated rings. The number of nitrogens with one attached hydrogen (secondary N) is 1. The molecule has 20 heavy (non-hydrogen) atoms. The van der Waals surface area contributed by atoms with Crippen molar-refractivity contribution in [3.8, 4) is 5.75 Å². The van der Waals surface area contributed by atoms with Crippen molar-refractivity contribution in [2.45, 2.75) is 19.4 Å². The zero-order valence-corrected chi connectivity index (χ0v) is 13.3. The number of rotatable bonds is 7. The highest BCUT2D eigenvalue weighted by molar-refractivity contribution is 9.10. The van der Waals surface area contributed by atoms with Gasteiger partial charge in [-0.2, -0.15) is 0 Å². The molecule has 0 aliphatic carbocycles. The zero-order valence-electron chi connectivity index (χ0n) is 11.7. The van der Waals surface area contributed by atoms with Gasteiger partial charge >= 0.3 is 0 Å². The van der Waals surface area contributed by atoms with E-state index in [1.165, 1.54) is 5.56 Å². The fourth-order valence-electron chi connectivity index (χ4n) is 2.12. The molecule has 2 aromatic carbocycles. The number of likely N-dealkylation sites (N-methyl/N-ethyl adjacent to an activating group) is 1. The second-order valence-corrected chi connectivity index (χ2v) is 5.53. The number of para-hydroxylation sites is 1. The molecule has 2 nitrogen and oxygen atoms in total. The van der Waals surface area contributed by atoms with E-state index in [2.05, 4.69) is 46.4 Å². The number of ether oxygens (including phenoxy) is 1. The molecule has 1 N–H and O–H groups in total. The third-order valence-electron chi connectivity index (χ3n) is 3.11. The molecule has 0 saturated heterocycles. The zero-order chi connectivity index (χ0) is 14.2. The van der Waals surface area contributed by atoms with Gasteiger partial charge < -0.3 is 10.1 Å². The molecule has 0 aliphatic heterocycles. The first kappa shape index (κ1) is 15.1. The molecule has 0 bridgehead atoms. The first-order valence-corrected chi connectivity index (χ1v) is 7.73. The van der Waals surface area contributed by atoms with Crippen LogP contribution < -0.4 is 10.1 Å². The Hall–Kier alpha value is -1.32. The summed E-state index contributed by atoms with van der Waals surface area (Å²) in [5.41, 5.74) is 1.30. The minimum Gasteiger partial charge on any atom is -0.492 e. The predicted octanol–water partition coefficient (Wildman–Crippen LogP) is 4.05. The largest absolute Gasteiger partial charge is 0.492 e. The molecule has 0 spiro atoms. The van der Waals surface area contributed by atoms with E-state index in [-0.39, 0.29) is 0 Å². The van der Waals surface area contributed by atoms with E-state index in [1.54, 1.807) is 0 Å².